The van der Waals surface area contributed by atoms with Gasteiger partial charge in [0, 0.05) is 24.3 Å². The molecule has 0 aliphatic carbocycles. The van der Waals surface area contributed by atoms with Gasteiger partial charge in [0.2, 0.25) is 0 Å². The van der Waals surface area contributed by atoms with Crippen molar-refractivity contribution in [2.75, 3.05) is 18.8 Å². The molecule has 1 aliphatic heterocycles. The van der Waals surface area contributed by atoms with Crippen molar-refractivity contribution in [3.05, 3.63) is 29.3 Å². The first-order valence-corrected chi connectivity index (χ1v) is 6.79. The number of piperidine rings is 1. The molecule has 0 bridgehead atoms. The molecule has 18 heavy (non-hydrogen) atoms. The van der Waals surface area contributed by atoms with Gasteiger partial charge in [-0.2, -0.15) is 0 Å². The average Bonchev–Trinajstić information content (AvgIpc) is 2.37. The second kappa shape index (κ2) is 5.42. The average molecular weight is 246 g/mol. The molecule has 1 saturated heterocycles. The van der Waals surface area contributed by atoms with Gasteiger partial charge >= 0.3 is 0 Å². The first-order valence-electron chi connectivity index (χ1n) is 6.79. The summed E-state index contributed by atoms with van der Waals surface area (Å²) in [5.74, 6) is 0.734. The monoisotopic (exact) mass is 246 g/mol. The molecule has 1 unspecified atom stereocenters. The highest BCUT2D eigenvalue weighted by Crippen LogP contribution is 2.20. The smallest absolute Gasteiger partial charge is 0.253 e. The number of benzene rings is 1. The Morgan fingerprint density at radius 3 is 2.89 bits per heavy atom. The molecule has 0 spiro atoms. The molecule has 1 aromatic carbocycles. The lowest BCUT2D eigenvalue weighted by Gasteiger charge is -2.31. The number of nitrogens with zero attached hydrogens (tertiary/aromatic N) is 1. The largest absolute Gasteiger partial charge is 0.399 e. The zero-order valence-corrected chi connectivity index (χ0v) is 11.3. The Morgan fingerprint density at radius 2 is 2.22 bits per heavy atom. The topological polar surface area (TPSA) is 46.3 Å². The number of hydrogen-bond acceptors (Lipinski definition) is 2. The molecule has 1 atom stereocenters. The highest BCUT2D eigenvalue weighted by atomic mass is 16.2. The summed E-state index contributed by atoms with van der Waals surface area (Å²) in [6.45, 7) is 6.02. The summed E-state index contributed by atoms with van der Waals surface area (Å²) in [6, 6.07) is 5.70. The van der Waals surface area contributed by atoms with Gasteiger partial charge in [-0.3, -0.25) is 4.79 Å². The second-order valence-electron chi connectivity index (χ2n) is 5.32. The van der Waals surface area contributed by atoms with Crippen LogP contribution in [-0.2, 0) is 6.42 Å². The van der Waals surface area contributed by atoms with Gasteiger partial charge in [0.15, 0.2) is 0 Å². The Hall–Kier alpha value is -1.51. The molecule has 1 heterocycles. The normalized spacial score (nSPS) is 19.9. The summed E-state index contributed by atoms with van der Waals surface area (Å²) >= 11 is 0. The van der Waals surface area contributed by atoms with Gasteiger partial charge < -0.3 is 10.6 Å². The van der Waals surface area contributed by atoms with Crippen LogP contribution < -0.4 is 5.73 Å². The zero-order valence-electron chi connectivity index (χ0n) is 11.3. The van der Waals surface area contributed by atoms with E-state index in [9.17, 15) is 4.79 Å². The molecular weight excluding hydrogens is 224 g/mol. The van der Waals surface area contributed by atoms with Crippen LogP contribution in [0.1, 0.15) is 42.6 Å². The maximum absolute atomic E-state index is 12.4. The Balaban J connectivity index is 2.19. The van der Waals surface area contributed by atoms with E-state index in [1.54, 1.807) is 6.07 Å². The fraction of sp³-hybridized carbons (Fsp3) is 0.533. The number of aryl methyl sites for hydroxylation is 1. The van der Waals surface area contributed by atoms with Crippen molar-refractivity contribution in [3.8, 4) is 0 Å². The van der Waals surface area contributed by atoms with E-state index in [0.717, 1.165) is 37.1 Å². The van der Waals surface area contributed by atoms with Crippen molar-refractivity contribution < 1.29 is 4.79 Å². The van der Waals surface area contributed by atoms with Crippen LogP contribution in [0.4, 0.5) is 5.69 Å². The molecule has 1 aromatic rings. The van der Waals surface area contributed by atoms with Crippen LogP contribution in [0.2, 0.25) is 0 Å². The van der Waals surface area contributed by atoms with Crippen molar-refractivity contribution in [2.24, 2.45) is 5.92 Å². The summed E-state index contributed by atoms with van der Waals surface area (Å²) in [7, 11) is 0. The van der Waals surface area contributed by atoms with Crippen molar-refractivity contribution in [2.45, 2.75) is 33.1 Å². The highest BCUT2D eigenvalue weighted by molar-refractivity contribution is 5.95. The fourth-order valence-corrected chi connectivity index (χ4v) is 2.60. The third-order valence-electron chi connectivity index (χ3n) is 3.61. The standard InChI is InChI=1S/C15H22N2O/c1-3-12-7-13(9-14(16)8-12)15(18)17-6-4-5-11(2)10-17/h7-9,11H,3-6,10,16H2,1-2H3. The van der Waals surface area contributed by atoms with Crippen LogP contribution in [0.25, 0.3) is 0 Å². The molecule has 1 amide bonds. The van der Waals surface area contributed by atoms with Crippen molar-refractivity contribution in [1.29, 1.82) is 0 Å². The van der Waals surface area contributed by atoms with Crippen LogP contribution in [0.15, 0.2) is 18.2 Å². The maximum Gasteiger partial charge on any atom is 0.253 e. The van der Waals surface area contributed by atoms with Gasteiger partial charge in [-0.05, 0) is 48.9 Å². The Kier molecular flexibility index (Phi) is 3.90. The molecule has 2 N–H and O–H groups in total. The number of nitrogen functional groups attached to an aromatic ring is 1. The number of hydrogen-bond donors (Lipinski definition) is 1. The number of amides is 1. The van der Waals surface area contributed by atoms with E-state index in [1.807, 2.05) is 17.0 Å². The Morgan fingerprint density at radius 1 is 1.44 bits per heavy atom. The lowest BCUT2D eigenvalue weighted by Crippen LogP contribution is -2.39. The van der Waals surface area contributed by atoms with E-state index in [0.29, 0.717) is 11.6 Å². The summed E-state index contributed by atoms with van der Waals surface area (Å²) in [6.07, 6.45) is 3.23. The van der Waals surface area contributed by atoms with Crippen molar-refractivity contribution >= 4 is 11.6 Å². The van der Waals surface area contributed by atoms with Gasteiger partial charge in [0.1, 0.15) is 0 Å². The van der Waals surface area contributed by atoms with Gasteiger partial charge in [0.05, 0.1) is 0 Å². The Bertz CT molecular complexity index is 442. The zero-order chi connectivity index (χ0) is 13.1. The van der Waals surface area contributed by atoms with E-state index >= 15 is 0 Å². The predicted octanol–water partition coefficient (Wildman–Crippen LogP) is 2.70. The molecule has 98 valence electrons. The van der Waals surface area contributed by atoms with Gasteiger partial charge in [0.25, 0.3) is 5.91 Å². The van der Waals surface area contributed by atoms with E-state index < -0.39 is 0 Å². The van der Waals surface area contributed by atoms with Gasteiger partial charge in [-0.25, -0.2) is 0 Å². The van der Waals surface area contributed by atoms with Crippen LogP contribution in [0.3, 0.4) is 0 Å². The van der Waals surface area contributed by atoms with Crippen molar-refractivity contribution in [1.82, 2.24) is 4.90 Å². The van der Waals surface area contributed by atoms with Crippen LogP contribution in [-0.4, -0.2) is 23.9 Å². The van der Waals surface area contributed by atoms with Crippen LogP contribution in [0, 0.1) is 5.92 Å². The number of anilines is 1. The summed E-state index contributed by atoms with van der Waals surface area (Å²) in [5, 5.41) is 0. The highest BCUT2D eigenvalue weighted by Gasteiger charge is 2.22. The first kappa shape index (κ1) is 12.9. The minimum atomic E-state index is 0.128. The van der Waals surface area contributed by atoms with Crippen LogP contribution in [0.5, 0.6) is 0 Å². The first-order chi connectivity index (χ1) is 8.60. The van der Waals surface area contributed by atoms with E-state index in [2.05, 4.69) is 13.8 Å². The molecule has 1 fully saturated rings. The SMILES string of the molecule is CCc1cc(N)cc(C(=O)N2CCCC(C)C2)c1. The third-order valence-corrected chi connectivity index (χ3v) is 3.61. The molecule has 3 heteroatoms. The number of likely N-dealkylation sites (tertiary alicyclic amines) is 1. The third kappa shape index (κ3) is 2.84. The Labute approximate surface area is 109 Å². The minimum absolute atomic E-state index is 0.128. The second-order valence-corrected chi connectivity index (χ2v) is 5.32. The van der Waals surface area contributed by atoms with E-state index in [-0.39, 0.29) is 5.91 Å². The fourth-order valence-electron chi connectivity index (χ4n) is 2.60. The van der Waals surface area contributed by atoms with E-state index in [4.69, 9.17) is 5.73 Å². The number of carbonyl (C=O) groups excluding carboxylic acids is 1. The lowest BCUT2D eigenvalue weighted by atomic mass is 9.99. The maximum atomic E-state index is 12.4. The van der Waals surface area contributed by atoms with Crippen molar-refractivity contribution in [3.63, 3.8) is 0 Å². The summed E-state index contributed by atoms with van der Waals surface area (Å²) in [4.78, 5) is 14.4. The molecule has 2 rings (SSSR count). The molecule has 0 saturated carbocycles. The number of rotatable bonds is 2. The molecular formula is C15H22N2O. The predicted molar refractivity (Wildman–Crippen MR) is 74.5 cm³/mol. The summed E-state index contributed by atoms with van der Waals surface area (Å²) < 4.78 is 0. The van der Waals surface area contributed by atoms with E-state index in [1.165, 1.54) is 6.42 Å². The number of carbonyl (C=O) groups is 1. The molecule has 0 aromatic heterocycles. The van der Waals surface area contributed by atoms with Crippen LogP contribution >= 0.6 is 0 Å². The minimum Gasteiger partial charge on any atom is -0.399 e. The van der Waals surface area contributed by atoms with Gasteiger partial charge in [-0.1, -0.05) is 13.8 Å². The molecule has 0 radical (unpaired) electrons. The lowest BCUT2D eigenvalue weighted by molar-refractivity contribution is 0.0683. The summed E-state index contributed by atoms with van der Waals surface area (Å²) in [5.41, 5.74) is 8.41. The molecule has 1 aliphatic rings. The van der Waals surface area contributed by atoms with Gasteiger partial charge in [-0.15, -0.1) is 0 Å². The number of nitrogens with two attached hydrogens (primary N) is 1. The molecule has 3 nitrogen and oxygen atoms in total. The quantitative estimate of drug-likeness (QED) is 0.815.